The number of rotatable bonds is 13. The number of hydrogen-bond acceptors (Lipinski definition) is 7. The molecule has 2 atom stereocenters. The van der Waals surface area contributed by atoms with Crippen LogP contribution in [-0.2, 0) is 25.7 Å². The zero-order valence-electron chi connectivity index (χ0n) is 23.3. The van der Waals surface area contributed by atoms with Crippen LogP contribution in [0.4, 0.5) is 5.69 Å². The van der Waals surface area contributed by atoms with E-state index in [2.05, 4.69) is 34.5 Å². The van der Waals surface area contributed by atoms with Gasteiger partial charge in [0.2, 0.25) is 5.91 Å². The van der Waals surface area contributed by atoms with Gasteiger partial charge in [-0.05, 0) is 62.9 Å². The van der Waals surface area contributed by atoms with Crippen LogP contribution in [0.1, 0.15) is 51.0 Å². The fourth-order valence-electron chi connectivity index (χ4n) is 5.58. The van der Waals surface area contributed by atoms with Gasteiger partial charge in [-0.15, -0.1) is 0 Å². The molecule has 1 fully saturated rings. The lowest BCUT2D eigenvalue weighted by atomic mass is 9.90. The molecule has 9 nitrogen and oxygen atoms in total. The number of para-hydroxylation sites is 2. The molecule has 2 aromatic carbocycles. The van der Waals surface area contributed by atoms with Gasteiger partial charge in [-0.1, -0.05) is 61.7 Å². The molecule has 216 valence electrons. The van der Waals surface area contributed by atoms with Crippen LogP contribution in [0.5, 0.6) is 5.75 Å². The van der Waals surface area contributed by atoms with E-state index in [1.807, 2.05) is 6.07 Å². The maximum Gasteiger partial charge on any atom is 0.323 e. The van der Waals surface area contributed by atoms with Crippen LogP contribution in [0, 0.1) is 5.92 Å². The maximum atomic E-state index is 13.4. The van der Waals surface area contributed by atoms with Crippen LogP contribution in [0.25, 0.3) is 0 Å². The van der Waals surface area contributed by atoms with Crippen molar-refractivity contribution in [2.45, 2.75) is 64.1 Å². The maximum absolute atomic E-state index is 13.4. The van der Waals surface area contributed by atoms with E-state index >= 15 is 0 Å². The van der Waals surface area contributed by atoms with E-state index in [0.29, 0.717) is 23.8 Å². The van der Waals surface area contributed by atoms with Crippen molar-refractivity contribution in [3.8, 4) is 5.75 Å². The fraction of sp³-hybridized carbons (Fsp3) is 0.516. The number of nitrogens with zero attached hydrogens (tertiary/aromatic N) is 2. The standard InChI is InChI=1S/C31H41N3O6/c1-2-39-31(38)25(13-7-6-10-23-16-18-33(19-17-23)20-24-11-4-3-5-12-24)32-26-22-40-28-15-9-8-14-27(28)34(30(26)37)21-29(35)36/h3-5,8-9,11-12,14-15,23,25-26,32H,2,6-7,10,13,16-22H2,1H3,(H,35,36)/t25?,26-/m0/s1. The van der Waals surface area contributed by atoms with Crippen LogP contribution < -0.4 is 15.0 Å². The van der Waals surface area contributed by atoms with Crippen molar-refractivity contribution in [2.24, 2.45) is 5.92 Å². The van der Waals surface area contributed by atoms with Crippen LogP contribution in [0.15, 0.2) is 54.6 Å². The van der Waals surface area contributed by atoms with Crippen molar-refractivity contribution < 1.29 is 29.0 Å². The Balaban J connectivity index is 1.28. The first-order valence-electron chi connectivity index (χ1n) is 14.4. The number of amides is 1. The first-order valence-corrected chi connectivity index (χ1v) is 14.4. The Bertz CT molecular complexity index is 1120. The average Bonchev–Trinajstić information content (AvgIpc) is 3.08. The molecule has 1 unspecified atom stereocenters. The minimum Gasteiger partial charge on any atom is -0.489 e. The lowest BCUT2D eigenvalue weighted by Gasteiger charge is -2.32. The van der Waals surface area contributed by atoms with Crippen LogP contribution in [0.3, 0.4) is 0 Å². The van der Waals surface area contributed by atoms with Crippen LogP contribution in [0.2, 0.25) is 0 Å². The predicted octanol–water partition coefficient (Wildman–Crippen LogP) is 3.86. The highest BCUT2D eigenvalue weighted by Gasteiger charge is 2.35. The number of benzene rings is 2. The smallest absolute Gasteiger partial charge is 0.323 e. The highest BCUT2D eigenvalue weighted by Crippen LogP contribution is 2.31. The number of carbonyl (C=O) groups excluding carboxylic acids is 2. The minimum atomic E-state index is -1.13. The monoisotopic (exact) mass is 551 g/mol. The third-order valence-electron chi connectivity index (χ3n) is 7.70. The van der Waals surface area contributed by atoms with E-state index in [4.69, 9.17) is 9.47 Å². The van der Waals surface area contributed by atoms with E-state index in [0.717, 1.165) is 38.9 Å². The lowest BCUT2D eigenvalue weighted by Crippen LogP contribution is -2.54. The van der Waals surface area contributed by atoms with Gasteiger partial charge in [0.05, 0.1) is 12.3 Å². The summed E-state index contributed by atoms with van der Waals surface area (Å²) in [7, 11) is 0. The highest BCUT2D eigenvalue weighted by atomic mass is 16.5. The Labute approximate surface area is 236 Å². The van der Waals surface area contributed by atoms with Gasteiger partial charge in [-0.3, -0.25) is 29.5 Å². The number of hydrogen-bond donors (Lipinski definition) is 2. The van der Waals surface area contributed by atoms with E-state index in [-0.39, 0.29) is 13.2 Å². The number of esters is 1. The summed E-state index contributed by atoms with van der Waals surface area (Å²) >= 11 is 0. The molecule has 2 aliphatic heterocycles. The molecule has 0 bridgehead atoms. The minimum absolute atomic E-state index is 0.0105. The first kappa shape index (κ1) is 29.6. The third kappa shape index (κ3) is 8.29. The number of unbranched alkanes of at least 4 members (excludes halogenated alkanes) is 1. The second-order valence-corrected chi connectivity index (χ2v) is 10.6. The first-order chi connectivity index (χ1) is 19.4. The van der Waals surface area contributed by atoms with E-state index in [1.54, 1.807) is 31.2 Å². The van der Waals surface area contributed by atoms with Crippen molar-refractivity contribution in [1.29, 1.82) is 0 Å². The number of piperidine rings is 1. The predicted molar refractivity (Wildman–Crippen MR) is 152 cm³/mol. The summed E-state index contributed by atoms with van der Waals surface area (Å²) in [4.78, 5) is 41.5. The number of ether oxygens (including phenoxy) is 2. The molecule has 40 heavy (non-hydrogen) atoms. The van der Waals surface area contributed by atoms with Crippen molar-refractivity contribution in [1.82, 2.24) is 10.2 Å². The normalized spacial score (nSPS) is 18.9. The Morgan fingerprint density at radius 1 is 1.07 bits per heavy atom. The van der Waals surface area contributed by atoms with E-state index in [1.165, 1.54) is 23.3 Å². The lowest BCUT2D eigenvalue weighted by molar-refractivity contribution is -0.146. The summed E-state index contributed by atoms with van der Waals surface area (Å²) in [6, 6.07) is 15.9. The van der Waals surface area contributed by atoms with Crippen molar-refractivity contribution in [3.63, 3.8) is 0 Å². The fourth-order valence-corrected chi connectivity index (χ4v) is 5.58. The zero-order chi connectivity index (χ0) is 28.3. The third-order valence-corrected chi connectivity index (χ3v) is 7.70. The molecular weight excluding hydrogens is 510 g/mol. The van der Waals surface area contributed by atoms with E-state index < -0.39 is 36.5 Å². The van der Waals surface area contributed by atoms with Crippen LogP contribution in [-0.4, -0.2) is 72.8 Å². The largest absolute Gasteiger partial charge is 0.489 e. The number of carboxylic acid groups (broad SMARTS) is 1. The summed E-state index contributed by atoms with van der Waals surface area (Å²) in [5.41, 5.74) is 1.76. The second kappa shape index (κ2) is 14.8. The van der Waals surface area contributed by atoms with E-state index in [9.17, 15) is 19.5 Å². The Hall–Kier alpha value is -3.43. The molecule has 2 N–H and O–H groups in total. The number of nitrogens with one attached hydrogen (secondary N) is 1. The molecule has 0 radical (unpaired) electrons. The van der Waals surface area contributed by atoms with Gasteiger partial charge in [0, 0.05) is 6.54 Å². The van der Waals surface area contributed by atoms with Gasteiger partial charge in [0.25, 0.3) is 0 Å². The summed E-state index contributed by atoms with van der Waals surface area (Å²) < 4.78 is 11.2. The van der Waals surface area contributed by atoms with Gasteiger partial charge in [0.15, 0.2) is 0 Å². The molecule has 4 rings (SSSR count). The highest BCUT2D eigenvalue weighted by molar-refractivity contribution is 6.02. The van der Waals surface area contributed by atoms with Gasteiger partial charge >= 0.3 is 11.9 Å². The summed E-state index contributed by atoms with van der Waals surface area (Å²) in [6.45, 7) is 4.69. The number of carboxylic acids is 1. The SMILES string of the molecule is CCOC(=O)C(CCCCC1CCN(Cc2ccccc2)CC1)N[C@H]1COc2ccccc2N(CC(=O)O)C1=O. The van der Waals surface area contributed by atoms with Gasteiger partial charge < -0.3 is 14.6 Å². The van der Waals surface area contributed by atoms with Gasteiger partial charge in [0.1, 0.15) is 31.0 Å². The molecule has 9 heteroatoms. The number of likely N-dealkylation sites (tertiary alicyclic amines) is 1. The number of anilines is 1. The number of carbonyl (C=O) groups is 3. The summed E-state index contributed by atoms with van der Waals surface area (Å²) in [5, 5.41) is 12.6. The van der Waals surface area contributed by atoms with Crippen molar-refractivity contribution in [2.75, 3.05) is 37.7 Å². The molecule has 1 saturated heterocycles. The Morgan fingerprint density at radius 3 is 2.52 bits per heavy atom. The quantitative estimate of drug-likeness (QED) is 0.286. The second-order valence-electron chi connectivity index (χ2n) is 10.6. The summed E-state index contributed by atoms with van der Waals surface area (Å²) in [5.74, 6) is -0.860. The van der Waals surface area contributed by atoms with Crippen LogP contribution >= 0.6 is 0 Å². The number of aliphatic carboxylic acids is 1. The molecule has 0 spiro atoms. The molecule has 0 saturated carbocycles. The molecule has 2 heterocycles. The Morgan fingerprint density at radius 2 is 1.80 bits per heavy atom. The van der Waals surface area contributed by atoms with Crippen molar-refractivity contribution >= 4 is 23.5 Å². The topological polar surface area (TPSA) is 108 Å². The van der Waals surface area contributed by atoms with Crippen molar-refractivity contribution in [3.05, 3.63) is 60.2 Å². The molecule has 0 aliphatic carbocycles. The average molecular weight is 552 g/mol. The molecule has 1 amide bonds. The molecular formula is C31H41N3O6. The molecule has 2 aromatic rings. The molecule has 2 aliphatic rings. The zero-order valence-corrected chi connectivity index (χ0v) is 23.3. The summed E-state index contributed by atoms with van der Waals surface area (Å²) in [6.07, 6.45) is 5.82. The van der Waals surface area contributed by atoms with Gasteiger partial charge in [-0.2, -0.15) is 0 Å². The Kier molecular flexibility index (Phi) is 10.9. The van der Waals surface area contributed by atoms with Gasteiger partial charge in [-0.25, -0.2) is 0 Å². The molecule has 0 aromatic heterocycles. The number of fused-ring (bicyclic) bond motifs is 1.